The van der Waals surface area contributed by atoms with Gasteiger partial charge in [0.05, 0.1) is 12.2 Å². The van der Waals surface area contributed by atoms with E-state index in [4.69, 9.17) is 4.52 Å². The zero-order chi connectivity index (χ0) is 9.80. The van der Waals surface area contributed by atoms with Crippen LogP contribution in [0.25, 0.3) is 0 Å². The Labute approximate surface area is 82.0 Å². The highest BCUT2D eigenvalue weighted by Gasteiger charge is 1.99. The first-order valence-electron chi connectivity index (χ1n) is 4.41. The first-order valence-corrected chi connectivity index (χ1v) is 4.41. The van der Waals surface area contributed by atoms with E-state index in [1.54, 1.807) is 12.4 Å². The molecule has 14 heavy (non-hydrogen) atoms. The highest BCUT2D eigenvalue weighted by Crippen LogP contribution is 2.07. The van der Waals surface area contributed by atoms with Crippen LogP contribution in [-0.2, 0) is 6.54 Å². The lowest BCUT2D eigenvalue weighted by atomic mass is 10.3. The highest BCUT2D eigenvalue weighted by molar-refractivity contribution is 5.40. The van der Waals surface area contributed by atoms with Crippen molar-refractivity contribution in [3.05, 3.63) is 42.0 Å². The van der Waals surface area contributed by atoms with E-state index in [-0.39, 0.29) is 0 Å². The van der Waals surface area contributed by atoms with Gasteiger partial charge in [-0.3, -0.25) is 4.98 Å². The number of aromatic nitrogens is 2. The van der Waals surface area contributed by atoms with Crippen molar-refractivity contribution in [1.82, 2.24) is 10.1 Å². The minimum absolute atomic E-state index is 0.644. The molecule has 0 aromatic carbocycles. The lowest BCUT2D eigenvalue weighted by molar-refractivity contribution is 0.384. The summed E-state index contributed by atoms with van der Waals surface area (Å²) in [4.78, 5) is 3.93. The molecule has 0 saturated heterocycles. The van der Waals surface area contributed by atoms with E-state index in [0.717, 1.165) is 17.1 Å². The van der Waals surface area contributed by atoms with Gasteiger partial charge in [0.25, 0.3) is 0 Å². The molecule has 2 heterocycles. The fourth-order valence-corrected chi connectivity index (χ4v) is 1.16. The molecule has 2 aromatic rings. The van der Waals surface area contributed by atoms with E-state index in [1.807, 2.05) is 25.1 Å². The lowest BCUT2D eigenvalue weighted by Gasteiger charge is -2.01. The Balaban J connectivity index is 1.95. The standard InChI is InChI=1S/C10H11N3O/c1-8-6-10(14-13-8)7-12-9-2-4-11-5-3-9/h2-6H,7H2,1H3,(H,11,12). The minimum atomic E-state index is 0.644. The van der Waals surface area contributed by atoms with E-state index in [9.17, 15) is 0 Å². The van der Waals surface area contributed by atoms with Crippen LogP contribution in [0, 0.1) is 6.92 Å². The van der Waals surface area contributed by atoms with Gasteiger partial charge in [0, 0.05) is 24.1 Å². The number of nitrogens with zero attached hydrogens (tertiary/aromatic N) is 2. The van der Waals surface area contributed by atoms with Crippen LogP contribution >= 0.6 is 0 Å². The molecule has 0 saturated carbocycles. The summed E-state index contributed by atoms with van der Waals surface area (Å²) in [5, 5.41) is 7.00. The van der Waals surface area contributed by atoms with E-state index < -0.39 is 0 Å². The smallest absolute Gasteiger partial charge is 0.156 e. The van der Waals surface area contributed by atoms with Crippen molar-refractivity contribution in [3.63, 3.8) is 0 Å². The predicted octanol–water partition coefficient (Wildman–Crippen LogP) is 1.99. The summed E-state index contributed by atoms with van der Waals surface area (Å²) in [6.45, 7) is 2.55. The van der Waals surface area contributed by atoms with Crippen molar-refractivity contribution in [2.75, 3.05) is 5.32 Å². The lowest BCUT2D eigenvalue weighted by Crippen LogP contribution is -1.97. The van der Waals surface area contributed by atoms with E-state index >= 15 is 0 Å². The molecular formula is C10H11N3O. The fourth-order valence-electron chi connectivity index (χ4n) is 1.16. The number of rotatable bonds is 3. The van der Waals surface area contributed by atoms with Gasteiger partial charge >= 0.3 is 0 Å². The average Bonchev–Trinajstić information content (AvgIpc) is 2.63. The summed E-state index contributed by atoms with van der Waals surface area (Å²) in [6.07, 6.45) is 3.49. The highest BCUT2D eigenvalue weighted by atomic mass is 16.5. The Bertz CT molecular complexity index is 397. The van der Waals surface area contributed by atoms with Gasteiger partial charge in [-0.2, -0.15) is 0 Å². The molecule has 4 nitrogen and oxygen atoms in total. The molecule has 0 amide bonds. The predicted molar refractivity (Wildman–Crippen MR) is 52.8 cm³/mol. The third-order valence-corrected chi connectivity index (χ3v) is 1.82. The molecule has 0 atom stereocenters. The molecule has 2 rings (SSSR count). The minimum Gasteiger partial charge on any atom is -0.378 e. The second-order valence-corrected chi connectivity index (χ2v) is 3.02. The third kappa shape index (κ3) is 2.10. The van der Waals surface area contributed by atoms with E-state index in [2.05, 4.69) is 15.5 Å². The maximum absolute atomic E-state index is 5.06. The maximum Gasteiger partial charge on any atom is 0.156 e. The van der Waals surface area contributed by atoms with Gasteiger partial charge < -0.3 is 9.84 Å². The van der Waals surface area contributed by atoms with Crippen LogP contribution in [0.3, 0.4) is 0 Å². The molecule has 4 heteroatoms. The Morgan fingerprint density at radius 1 is 1.36 bits per heavy atom. The van der Waals surface area contributed by atoms with Crippen LogP contribution < -0.4 is 5.32 Å². The fraction of sp³-hybridized carbons (Fsp3) is 0.200. The Morgan fingerprint density at radius 3 is 2.79 bits per heavy atom. The number of hydrogen-bond donors (Lipinski definition) is 1. The largest absolute Gasteiger partial charge is 0.378 e. The summed E-state index contributed by atoms with van der Waals surface area (Å²) >= 11 is 0. The number of nitrogens with one attached hydrogen (secondary N) is 1. The molecule has 0 bridgehead atoms. The summed E-state index contributed by atoms with van der Waals surface area (Å²) in [7, 11) is 0. The summed E-state index contributed by atoms with van der Waals surface area (Å²) < 4.78 is 5.06. The van der Waals surface area contributed by atoms with Crippen molar-refractivity contribution in [2.24, 2.45) is 0 Å². The molecule has 0 aliphatic heterocycles. The molecular weight excluding hydrogens is 178 g/mol. The van der Waals surface area contributed by atoms with Crippen LogP contribution in [0.4, 0.5) is 5.69 Å². The van der Waals surface area contributed by atoms with Crippen molar-refractivity contribution in [3.8, 4) is 0 Å². The van der Waals surface area contributed by atoms with Gasteiger partial charge in [-0.1, -0.05) is 5.16 Å². The first-order chi connectivity index (χ1) is 6.84. The Morgan fingerprint density at radius 2 is 2.14 bits per heavy atom. The topological polar surface area (TPSA) is 51.0 Å². The second-order valence-electron chi connectivity index (χ2n) is 3.02. The van der Waals surface area contributed by atoms with E-state index in [0.29, 0.717) is 6.54 Å². The van der Waals surface area contributed by atoms with Crippen LogP contribution in [0.5, 0.6) is 0 Å². The maximum atomic E-state index is 5.06. The van der Waals surface area contributed by atoms with Crippen molar-refractivity contribution in [2.45, 2.75) is 13.5 Å². The molecule has 0 fully saturated rings. The molecule has 0 aliphatic carbocycles. The van der Waals surface area contributed by atoms with Crippen molar-refractivity contribution >= 4 is 5.69 Å². The quantitative estimate of drug-likeness (QED) is 0.802. The SMILES string of the molecule is Cc1cc(CNc2ccncc2)on1. The molecule has 2 aromatic heterocycles. The van der Waals surface area contributed by atoms with Gasteiger partial charge in [-0.25, -0.2) is 0 Å². The van der Waals surface area contributed by atoms with Gasteiger partial charge in [0.2, 0.25) is 0 Å². The first kappa shape index (κ1) is 8.74. The van der Waals surface area contributed by atoms with Gasteiger partial charge in [0.1, 0.15) is 0 Å². The molecule has 1 N–H and O–H groups in total. The zero-order valence-electron chi connectivity index (χ0n) is 7.90. The molecule has 0 spiro atoms. The number of hydrogen-bond acceptors (Lipinski definition) is 4. The molecule has 0 unspecified atom stereocenters. The van der Waals surface area contributed by atoms with Crippen molar-refractivity contribution < 1.29 is 4.52 Å². The molecule has 0 radical (unpaired) electrons. The monoisotopic (exact) mass is 189 g/mol. The van der Waals surface area contributed by atoms with Crippen LogP contribution in [0.1, 0.15) is 11.5 Å². The third-order valence-electron chi connectivity index (χ3n) is 1.82. The summed E-state index contributed by atoms with van der Waals surface area (Å²) in [5.74, 6) is 0.833. The summed E-state index contributed by atoms with van der Waals surface area (Å²) in [6, 6.07) is 5.72. The van der Waals surface area contributed by atoms with Crippen LogP contribution in [-0.4, -0.2) is 10.1 Å². The number of anilines is 1. The van der Waals surface area contributed by atoms with Gasteiger partial charge in [-0.05, 0) is 19.1 Å². The zero-order valence-corrected chi connectivity index (χ0v) is 7.90. The molecule has 72 valence electrons. The average molecular weight is 189 g/mol. The van der Waals surface area contributed by atoms with Crippen LogP contribution in [0.2, 0.25) is 0 Å². The number of pyridine rings is 1. The normalized spacial score (nSPS) is 10.1. The number of aryl methyl sites for hydroxylation is 1. The second kappa shape index (κ2) is 3.91. The Hall–Kier alpha value is -1.84. The van der Waals surface area contributed by atoms with E-state index in [1.165, 1.54) is 0 Å². The van der Waals surface area contributed by atoms with Gasteiger partial charge in [0.15, 0.2) is 5.76 Å². The van der Waals surface area contributed by atoms with Gasteiger partial charge in [-0.15, -0.1) is 0 Å². The molecule has 0 aliphatic rings. The Kier molecular flexibility index (Phi) is 2.44. The summed E-state index contributed by atoms with van der Waals surface area (Å²) in [5.41, 5.74) is 1.92. The van der Waals surface area contributed by atoms with Crippen LogP contribution in [0.15, 0.2) is 35.1 Å². The van der Waals surface area contributed by atoms with Crippen molar-refractivity contribution in [1.29, 1.82) is 0 Å².